The van der Waals surface area contributed by atoms with Crippen LogP contribution in [0.25, 0.3) is 0 Å². The summed E-state index contributed by atoms with van der Waals surface area (Å²) < 4.78 is 1.91. The number of hydrogen-bond donors (Lipinski definition) is 0. The summed E-state index contributed by atoms with van der Waals surface area (Å²) in [7, 11) is 0. The van der Waals surface area contributed by atoms with Crippen LogP contribution in [0.3, 0.4) is 0 Å². The minimum atomic E-state index is 0.0341. The van der Waals surface area contributed by atoms with Gasteiger partial charge in [0.15, 0.2) is 5.82 Å². The maximum atomic E-state index is 6.10. The summed E-state index contributed by atoms with van der Waals surface area (Å²) in [4.78, 5) is 2.47. The van der Waals surface area contributed by atoms with Crippen molar-refractivity contribution in [1.82, 2.24) is 25.1 Å². The molecule has 1 aliphatic heterocycles. The Balaban J connectivity index is 1.70. The average molecular weight is 386 g/mol. The molecular weight excluding hydrogens is 366 g/mol. The first-order valence-corrected chi connectivity index (χ1v) is 10.2. The Hall–Kier alpha value is -1.89. The molecule has 1 aliphatic rings. The maximum Gasteiger partial charge on any atom is 0.173 e. The van der Waals surface area contributed by atoms with Crippen LogP contribution in [0.4, 0.5) is 0 Å². The molecule has 26 heavy (non-hydrogen) atoms. The first-order valence-electron chi connectivity index (χ1n) is 8.68. The maximum absolute atomic E-state index is 6.10. The average Bonchev–Trinajstić information content (AvgIpc) is 3.13. The van der Waals surface area contributed by atoms with Crippen molar-refractivity contribution in [2.75, 3.05) is 24.6 Å². The minimum absolute atomic E-state index is 0.0341. The molecule has 2 aromatic carbocycles. The highest BCUT2D eigenvalue weighted by molar-refractivity contribution is 7.99. The van der Waals surface area contributed by atoms with Crippen LogP contribution in [-0.4, -0.2) is 49.7 Å². The van der Waals surface area contributed by atoms with Gasteiger partial charge in [-0.3, -0.25) is 4.90 Å². The standard InChI is InChI=1S/C19H20ClN5S/c20-17-8-6-16(7-9-17)18(24-10-12-26-13-11-24)19-21-22-23-25(19)14-15-4-2-1-3-5-15/h1-9,18H,10-14H2/t18-/m0/s1. The van der Waals surface area contributed by atoms with Crippen LogP contribution in [0.2, 0.25) is 5.02 Å². The summed E-state index contributed by atoms with van der Waals surface area (Å²) in [5, 5.41) is 13.4. The first kappa shape index (κ1) is 17.5. The second-order valence-electron chi connectivity index (χ2n) is 6.28. The fraction of sp³-hybridized carbons (Fsp3) is 0.316. The summed E-state index contributed by atoms with van der Waals surface area (Å²) in [6.07, 6.45) is 0. The summed E-state index contributed by atoms with van der Waals surface area (Å²) in [6, 6.07) is 18.4. The highest BCUT2D eigenvalue weighted by Crippen LogP contribution is 2.30. The lowest BCUT2D eigenvalue weighted by molar-refractivity contribution is 0.235. The Bertz CT molecular complexity index is 831. The lowest BCUT2D eigenvalue weighted by Crippen LogP contribution is -2.38. The molecule has 0 saturated carbocycles. The van der Waals surface area contributed by atoms with E-state index in [9.17, 15) is 0 Å². The molecule has 1 fully saturated rings. The lowest BCUT2D eigenvalue weighted by atomic mass is 10.0. The zero-order valence-corrected chi connectivity index (χ0v) is 15.9. The third-order valence-corrected chi connectivity index (χ3v) is 5.77. The van der Waals surface area contributed by atoms with E-state index >= 15 is 0 Å². The van der Waals surface area contributed by atoms with Crippen molar-refractivity contribution in [2.45, 2.75) is 12.6 Å². The van der Waals surface area contributed by atoms with Crippen LogP contribution < -0.4 is 0 Å². The van der Waals surface area contributed by atoms with E-state index in [1.54, 1.807) is 0 Å². The molecule has 0 bridgehead atoms. The number of halogens is 1. The van der Waals surface area contributed by atoms with Gasteiger partial charge in [-0.1, -0.05) is 54.1 Å². The number of thioether (sulfide) groups is 1. The SMILES string of the molecule is Clc1ccc([C@@H](c2nnnn2Cc2ccccc2)N2CCSCC2)cc1. The smallest absolute Gasteiger partial charge is 0.173 e. The molecule has 0 spiro atoms. The molecule has 0 radical (unpaired) electrons. The summed E-state index contributed by atoms with van der Waals surface area (Å²) >= 11 is 8.10. The number of rotatable bonds is 5. The normalized spacial score (nSPS) is 16.5. The zero-order valence-electron chi connectivity index (χ0n) is 14.3. The molecule has 0 unspecified atom stereocenters. The van der Waals surface area contributed by atoms with Crippen LogP contribution in [0.5, 0.6) is 0 Å². The van der Waals surface area contributed by atoms with Crippen molar-refractivity contribution in [1.29, 1.82) is 0 Å². The van der Waals surface area contributed by atoms with Crippen LogP contribution in [0.15, 0.2) is 54.6 Å². The first-order chi connectivity index (χ1) is 12.8. The molecule has 1 atom stereocenters. The molecule has 134 valence electrons. The van der Waals surface area contributed by atoms with Crippen LogP contribution in [-0.2, 0) is 6.54 Å². The number of aromatic nitrogens is 4. The lowest BCUT2D eigenvalue weighted by Gasteiger charge is -2.33. The monoisotopic (exact) mass is 385 g/mol. The van der Waals surface area contributed by atoms with Gasteiger partial charge in [-0.05, 0) is 33.7 Å². The Labute approximate surface area is 162 Å². The van der Waals surface area contributed by atoms with Gasteiger partial charge in [0.05, 0.1) is 12.6 Å². The molecule has 0 N–H and O–H groups in total. The van der Waals surface area contributed by atoms with Gasteiger partial charge in [0.25, 0.3) is 0 Å². The molecule has 5 nitrogen and oxygen atoms in total. The number of hydrogen-bond acceptors (Lipinski definition) is 5. The van der Waals surface area contributed by atoms with Crippen molar-refractivity contribution in [3.8, 4) is 0 Å². The van der Waals surface area contributed by atoms with E-state index in [2.05, 4.69) is 44.7 Å². The Morgan fingerprint density at radius 3 is 2.46 bits per heavy atom. The minimum Gasteiger partial charge on any atom is -0.288 e. The molecule has 3 aromatic rings. The van der Waals surface area contributed by atoms with Crippen molar-refractivity contribution >= 4 is 23.4 Å². The fourth-order valence-electron chi connectivity index (χ4n) is 3.28. The van der Waals surface area contributed by atoms with Gasteiger partial charge in [0, 0.05) is 29.6 Å². The highest BCUT2D eigenvalue weighted by atomic mass is 35.5. The molecule has 0 amide bonds. The molecule has 1 saturated heterocycles. The van der Waals surface area contributed by atoms with Crippen molar-refractivity contribution in [3.05, 3.63) is 76.6 Å². The van der Waals surface area contributed by atoms with Gasteiger partial charge in [-0.15, -0.1) is 5.10 Å². The van der Waals surface area contributed by atoms with E-state index in [1.807, 2.05) is 46.8 Å². The number of benzene rings is 2. The molecule has 7 heteroatoms. The molecule has 4 rings (SSSR count). The van der Waals surface area contributed by atoms with Gasteiger partial charge in [0.1, 0.15) is 0 Å². The number of nitrogens with zero attached hydrogens (tertiary/aromatic N) is 5. The largest absolute Gasteiger partial charge is 0.288 e. The topological polar surface area (TPSA) is 46.8 Å². The Kier molecular flexibility index (Phi) is 5.53. The summed E-state index contributed by atoms with van der Waals surface area (Å²) in [5.41, 5.74) is 2.36. The van der Waals surface area contributed by atoms with Crippen molar-refractivity contribution in [2.24, 2.45) is 0 Å². The van der Waals surface area contributed by atoms with E-state index in [1.165, 1.54) is 11.1 Å². The Morgan fingerprint density at radius 2 is 1.73 bits per heavy atom. The van der Waals surface area contributed by atoms with Gasteiger partial charge in [-0.2, -0.15) is 11.8 Å². The van der Waals surface area contributed by atoms with E-state index in [0.717, 1.165) is 35.4 Å². The van der Waals surface area contributed by atoms with Crippen molar-refractivity contribution < 1.29 is 0 Å². The van der Waals surface area contributed by atoms with E-state index in [-0.39, 0.29) is 6.04 Å². The molecule has 0 aliphatic carbocycles. The number of tetrazole rings is 1. The summed E-state index contributed by atoms with van der Waals surface area (Å²) in [5.74, 6) is 3.14. The third-order valence-electron chi connectivity index (χ3n) is 4.58. The Morgan fingerprint density at radius 1 is 1.00 bits per heavy atom. The van der Waals surface area contributed by atoms with Gasteiger partial charge in [-0.25, -0.2) is 4.68 Å². The van der Waals surface area contributed by atoms with Crippen molar-refractivity contribution in [3.63, 3.8) is 0 Å². The summed E-state index contributed by atoms with van der Waals surface area (Å²) in [6.45, 7) is 2.71. The zero-order chi connectivity index (χ0) is 17.8. The molecular formula is C19H20ClN5S. The van der Waals surface area contributed by atoms with Crippen LogP contribution in [0.1, 0.15) is 23.0 Å². The predicted molar refractivity (Wildman–Crippen MR) is 106 cm³/mol. The predicted octanol–water partition coefficient (Wildman–Crippen LogP) is 3.51. The van der Waals surface area contributed by atoms with Crippen LogP contribution >= 0.6 is 23.4 Å². The van der Waals surface area contributed by atoms with E-state index < -0.39 is 0 Å². The fourth-order valence-corrected chi connectivity index (χ4v) is 4.34. The molecule has 2 heterocycles. The highest BCUT2D eigenvalue weighted by Gasteiger charge is 2.29. The second kappa shape index (κ2) is 8.20. The van der Waals surface area contributed by atoms with Gasteiger partial charge >= 0.3 is 0 Å². The second-order valence-corrected chi connectivity index (χ2v) is 7.94. The third kappa shape index (κ3) is 3.92. The van der Waals surface area contributed by atoms with Gasteiger partial charge in [0.2, 0.25) is 0 Å². The van der Waals surface area contributed by atoms with Gasteiger partial charge < -0.3 is 0 Å². The van der Waals surface area contributed by atoms with E-state index in [4.69, 9.17) is 11.6 Å². The molecule has 1 aromatic heterocycles. The quantitative estimate of drug-likeness (QED) is 0.672. The van der Waals surface area contributed by atoms with E-state index in [0.29, 0.717) is 6.54 Å². The van der Waals surface area contributed by atoms with Crippen LogP contribution in [0, 0.1) is 0 Å².